The predicted octanol–water partition coefficient (Wildman–Crippen LogP) is 2.93. The molecule has 110 valence electrons. The molecule has 0 aliphatic carbocycles. The average Bonchev–Trinajstić information content (AvgIpc) is 2.49. The summed E-state index contributed by atoms with van der Waals surface area (Å²) in [4.78, 5) is 12.3. The maximum atomic E-state index is 12.3. The Balaban J connectivity index is 2.20. The lowest BCUT2D eigenvalue weighted by Crippen LogP contribution is -2.13. The highest BCUT2D eigenvalue weighted by Crippen LogP contribution is 2.27. The fourth-order valence-electron chi connectivity index (χ4n) is 1.90. The third-order valence-corrected chi connectivity index (χ3v) is 2.88. The number of nitrogens with one attached hydrogen (secondary N) is 1. The van der Waals surface area contributed by atoms with Crippen molar-refractivity contribution in [2.75, 3.05) is 24.8 Å². The second-order valence-corrected chi connectivity index (χ2v) is 4.37. The number of anilines is 2. The minimum absolute atomic E-state index is 0.236. The number of rotatable bonds is 5. The molecule has 0 radical (unpaired) electrons. The van der Waals surface area contributed by atoms with Gasteiger partial charge < -0.3 is 20.5 Å². The number of hydrogen-bond donors (Lipinski definition) is 2. The Morgan fingerprint density at radius 3 is 2.76 bits per heavy atom. The van der Waals surface area contributed by atoms with E-state index in [0.717, 1.165) is 0 Å². The monoisotopic (exact) mass is 286 g/mol. The number of hydrogen-bond acceptors (Lipinski definition) is 4. The lowest BCUT2D eigenvalue weighted by atomic mass is 10.2. The van der Waals surface area contributed by atoms with E-state index in [4.69, 9.17) is 15.2 Å². The van der Waals surface area contributed by atoms with Gasteiger partial charge in [0.15, 0.2) is 0 Å². The first-order valence-corrected chi connectivity index (χ1v) is 6.61. The first-order chi connectivity index (χ1) is 10.1. The van der Waals surface area contributed by atoms with Crippen LogP contribution in [0.4, 0.5) is 11.4 Å². The average molecular weight is 286 g/mol. The molecule has 0 fully saturated rings. The lowest BCUT2D eigenvalue weighted by molar-refractivity contribution is 0.102. The molecule has 5 nitrogen and oxygen atoms in total. The molecule has 5 heteroatoms. The van der Waals surface area contributed by atoms with Crippen molar-refractivity contribution in [1.82, 2.24) is 0 Å². The smallest absolute Gasteiger partial charge is 0.255 e. The van der Waals surface area contributed by atoms with Crippen molar-refractivity contribution in [3.05, 3.63) is 48.0 Å². The number of nitrogens with two attached hydrogens (primary N) is 1. The molecule has 0 spiro atoms. The minimum atomic E-state index is -0.236. The largest absolute Gasteiger partial charge is 0.494 e. The number of nitrogen functional groups attached to an aromatic ring is 1. The van der Waals surface area contributed by atoms with Crippen molar-refractivity contribution < 1.29 is 14.3 Å². The highest BCUT2D eigenvalue weighted by Gasteiger charge is 2.10. The van der Waals surface area contributed by atoms with Crippen LogP contribution < -0.4 is 20.5 Å². The van der Waals surface area contributed by atoms with Crippen molar-refractivity contribution in [1.29, 1.82) is 0 Å². The minimum Gasteiger partial charge on any atom is -0.494 e. The van der Waals surface area contributed by atoms with E-state index in [0.29, 0.717) is 35.0 Å². The Hall–Kier alpha value is -2.69. The number of benzene rings is 2. The van der Waals surface area contributed by atoms with Crippen LogP contribution >= 0.6 is 0 Å². The van der Waals surface area contributed by atoms with Gasteiger partial charge in [-0.3, -0.25) is 4.79 Å². The summed E-state index contributed by atoms with van der Waals surface area (Å²) in [5.74, 6) is 0.943. The Kier molecular flexibility index (Phi) is 4.66. The highest BCUT2D eigenvalue weighted by molar-refractivity contribution is 6.05. The van der Waals surface area contributed by atoms with Crippen molar-refractivity contribution in [3.8, 4) is 11.5 Å². The van der Waals surface area contributed by atoms with Gasteiger partial charge in [-0.2, -0.15) is 0 Å². The third kappa shape index (κ3) is 3.66. The van der Waals surface area contributed by atoms with Gasteiger partial charge >= 0.3 is 0 Å². The third-order valence-electron chi connectivity index (χ3n) is 2.88. The van der Waals surface area contributed by atoms with E-state index in [1.54, 1.807) is 36.4 Å². The summed E-state index contributed by atoms with van der Waals surface area (Å²) in [6, 6.07) is 12.1. The molecule has 1 amide bonds. The van der Waals surface area contributed by atoms with Crippen LogP contribution in [-0.4, -0.2) is 19.6 Å². The van der Waals surface area contributed by atoms with Gasteiger partial charge in [0, 0.05) is 17.3 Å². The number of ether oxygens (including phenoxy) is 2. The molecule has 0 aromatic heterocycles. The molecule has 0 aliphatic rings. The zero-order valence-electron chi connectivity index (χ0n) is 12.1. The molecule has 0 aliphatic heterocycles. The van der Waals surface area contributed by atoms with Gasteiger partial charge in [-0.1, -0.05) is 6.07 Å². The summed E-state index contributed by atoms with van der Waals surface area (Å²) < 4.78 is 10.6. The fraction of sp³-hybridized carbons (Fsp3) is 0.188. The molecule has 3 N–H and O–H groups in total. The van der Waals surface area contributed by atoms with Gasteiger partial charge in [-0.25, -0.2) is 0 Å². The number of carbonyl (C=O) groups excluding carboxylic acids is 1. The van der Waals surface area contributed by atoms with Crippen LogP contribution in [0, 0.1) is 0 Å². The Morgan fingerprint density at radius 2 is 2.05 bits per heavy atom. The predicted molar refractivity (Wildman–Crippen MR) is 83.0 cm³/mol. The van der Waals surface area contributed by atoms with Crippen LogP contribution in [0.1, 0.15) is 17.3 Å². The number of methoxy groups -OCH3 is 1. The van der Waals surface area contributed by atoms with Crippen molar-refractivity contribution in [3.63, 3.8) is 0 Å². The molecule has 0 unspecified atom stereocenters. The molecule has 0 heterocycles. The lowest BCUT2D eigenvalue weighted by Gasteiger charge is -2.11. The molecular formula is C16H18N2O3. The highest BCUT2D eigenvalue weighted by atomic mass is 16.5. The van der Waals surface area contributed by atoms with E-state index >= 15 is 0 Å². The maximum absolute atomic E-state index is 12.3. The van der Waals surface area contributed by atoms with E-state index in [2.05, 4.69) is 5.32 Å². The van der Waals surface area contributed by atoms with Crippen molar-refractivity contribution in [2.45, 2.75) is 6.92 Å². The van der Waals surface area contributed by atoms with Gasteiger partial charge in [0.25, 0.3) is 5.91 Å². The molecular weight excluding hydrogens is 268 g/mol. The standard InChI is InChI=1S/C16H18N2O3/c1-3-21-13-6-4-5-11(9-13)16(19)18-14-8-7-12(17)10-15(14)20-2/h4-10H,3,17H2,1-2H3,(H,18,19). The van der Waals surface area contributed by atoms with Gasteiger partial charge in [0.05, 0.1) is 19.4 Å². The summed E-state index contributed by atoms with van der Waals surface area (Å²) >= 11 is 0. The second kappa shape index (κ2) is 6.65. The van der Waals surface area contributed by atoms with Gasteiger partial charge in [-0.05, 0) is 37.3 Å². The van der Waals surface area contributed by atoms with Crippen LogP contribution in [0.15, 0.2) is 42.5 Å². The van der Waals surface area contributed by atoms with Crippen LogP contribution in [0.2, 0.25) is 0 Å². The van der Waals surface area contributed by atoms with Crippen LogP contribution in [-0.2, 0) is 0 Å². The van der Waals surface area contributed by atoms with E-state index in [1.807, 2.05) is 13.0 Å². The summed E-state index contributed by atoms with van der Waals surface area (Å²) in [5.41, 5.74) is 7.34. The van der Waals surface area contributed by atoms with Crippen LogP contribution in [0.5, 0.6) is 11.5 Å². The molecule has 2 rings (SSSR count). The Bertz CT molecular complexity index is 641. The van der Waals surface area contributed by atoms with Gasteiger partial charge in [-0.15, -0.1) is 0 Å². The number of carbonyl (C=O) groups is 1. The SMILES string of the molecule is CCOc1cccc(C(=O)Nc2ccc(N)cc2OC)c1. The molecule has 0 saturated carbocycles. The molecule has 21 heavy (non-hydrogen) atoms. The van der Waals surface area contributed by atoms with Crippen molar-refractivity contribution in [2.24, 2.45) is 0 Å². The summed E-state index contributed by atoms with van der Waals surface area (Å²) in [7, 11) is 1.53. The van der Waals surface area contributed by atoms with Crippen molar-refractivity contribution >= 4 is 17.3 Å². The molecule has 0 bridgehead atoms. The summed E-state index contributed by atoms with van der Waals surface area (Å²) in [6.07, 6.45) is 0. The Labute approximate surface area is 123 Å². The maximum Gasteiger partial charge on any atom is 0.255 e. The molecule has 2 aromatic carbocycles. The van der Waals surface area contributed by atoms with Crippen LogP contribution in [0.3, 0.4) is 0 Å². The molecule has 2 aromatic rings. The topological polar surface area (TPSA) is 73.6 Å². The first kappa shape index (κ1) is 14.7. The summed E-state index contributed by atoms with van der Waals surface area (Å²) in [6.45, 7) is 2.45. The quantitative estimate of drug-likeness (QED) is 0.829. The van der Waals surface area contributed by atoms with E-state index in [1.165, 1.54) is 7.11 Å². The van der Waals surface area contributed by atoms with Crippen LogP contribution in [0.25, 0.3) is 0 Å². The Morgan fingerprint density at radius 1 is 1.24 bits per heavy atom. The second-order valence-electron chi connectivity index (χ2n) is 4.37. The first-order valence-electron chi connectivity index (χ1n) is 6.61. The molecule has 0 saturated heterocycles. The normalized spacial score (nSPS) is 10.0. The summed E-state index contributed by atoms with van der Waals surface area (Å²) in [5, 5.41) is 2.80. The van der Waals surface area contributed by atoms with Gasteiger partial charge in [0.1, 0.15) is 11.5 Å². The number of amides is 1. The fourth-order valence-corrected chi connectivity index (χ4v) is 1.90. The van der Waals surface area contributed by atoms with E-state index < -0.39 is 0 Å². The van der Waals surface area contributed by atoms with E-state index in [-0.39, 0.29) is 5.91 Å². The van der Waals surface area contributed by atoms with E-state index in [9.17, 15) is 4.79 Å². The zero-order valence-corrected chi connectivity index (χ0v) is 12.1. The van der Waals surface area contributed by atoms with Gasteiger partial charge in [0.2, 0.25) is 0 Å². The zero-order chi connectivity index (χ0) is 15.2. The molecule has 0 atom stereocenters.